The van der Waals surface area contributed by atoms with Crippen LogP contribution in [0.15, 0.2) is 0 Å². The molecule has 1 saturated heterocycles. The molecule has 2 atom stereocenters. The molecule has 1 fully saturated rings. The minimum Gasteiger partial charge on any atom is -0.353 e. The van der Waals surface area contributed by atoms with Gasteiger partial charge in [-0.25, -0.2) is 0 Å². The molecule has 3 heteroatoms. The van der Waals surface area contributed by atoms with E-state index in [1.165, 1.54) is 70.6 Å². The molecule has 0 bridgehead atoms. The van der Waals surface area contributed by atoms with E-state index in [0.717, 1.165) is 25.9 Å². The van der Waals surface area contributed by atoms with Crippen molar-refractivity contribution in [1.82, 2.24) is 4.90 Å². The lowest BCUT2D eigenvalue weighted by molar-refractivity contribution is -0.211. The maximum atomic E-state index is 6.25. The monoisotopic (exact) mass is 341 g/mol. The molecule has 144 valence electrons. The van der Waals surface area contributed by atoms with Crippen LogP contribution in [0.25, 0.3) is 0 Å². The van der Waals surface area contributed by atoms with Gasteiger partial charge in [-0.2, -0.15) is 0 Å². The lowest BCUT2D eigenvalue weighted by Crippen LogP contribution is -2.44. The van der Waals surface area contributed by atoms with Crippen molar-refractivity contribution < 1.29 is 9.47 Å². The molecule has 1 rings (SSSR count). The lowest BCUT2D eigenvalue weighted by Gasteiger charge is -2.36. The minimum atomic E-state index is -0.0842. The van der Waals surface area contributed by atoms with Crippen molar-refractivity contribution in [3.05, 3.63) is 0 Å². The molecule has 24 heavy (non-hydrogen) atoms. The first-order chi connectivity index (χ1) is 11.6. The highest BCUT2D eigenvalue weighted by molar-refractivity contribution is 4.84. The highest BCUT2D eigenvalue weighted by atomic mass is 16.7. The zero-order valence-corrected chi connectivity index (χ0v) is 16.9. The van der Waals surface area contributed by atoms with Crippen LogP contribution in [-0.4, -0.2) is 37.6 Å². The first-order valence-electron chi connectivity index (χ1n) is 10.6. The predicted octanol–water partition coefficient (Wildman–Crippen LogP) is 6.12. The summed E-state index contributed by atoms with van der Waals surface area (Å²) in [6.07, 6.45) is 18.6. The summed E-state index contributed by atoms with van der Waals surface area (Å²) in [5.41, 5.74) is -0.0842. The zero-order chi connectivity index (χ0) is 17.7. The molecule has 0 saturated carbocycles. The number of hydrogen-bond acceptors (Lipinski definition) is 3. The van der Waals surface area contributed by atoms with Crippen molar-refractivity contribution in [1.29, 1.82) is 0 Å². The Labute approximate surface area is 151 Å². The molecule has 0 aromatic heterocycles. The van der Waals surface area contributed by atoms with Crippen LogP contribution >= 0.6 is 0 Å². The van der Waals surface area contributed by atoms with Crippen molar-refractivity contribution in [2.24, 2.45) is 0 Å². The Balaban J connectivity index is 2.04. The largest absolute Gasteiger partial charge is 0.353 e. The summed E-state index contributed by atoms with van der Waals surface area (Å²) in [6.45, 7) is 5.07. The molecule has 1 aliphatic rings. The summed E-state index contributed by atoms with van der Waals surface area (Å²) in [6, 6.07) is 0. The second-order valence-corrected chi connectivity index (χ2v) is 7.67. The summed E-state index contributed by atoms with van der Waals surface area (Å²) in [5.74, 6) is 0. The van der Waals surface area contributed by atoms with Crippen LogP contribution in [0.4, 0.5) is 0 Å². The van der Waals surface area contributed by atoms with Gasteiger partial charge in [0.25, 0.3) is 0 Å². The van der Waals surface area contributed by atoms with E-state index < -0.39 is 0 Å². The summed E-state index contributed by atoms with van der Waals surface area (Å²) in [4.78, 5) is 2.27. The normalized spacial score (nSPS) is 24.1. The standard InChI is InChI=1S/C21H43NO2/c1-5-7-8-9-10-11-12-13-14-15-16-18-21(22(3)4)19-17-20(24-21)23-6-2/h20H,5-19H2,1-4H3. The van der Waals surface area contributed by atoms with Gasteiger partial charge in [-0.05, 0) is 40.3 Å². The maximum Gasteiger partial charge on any atom is 0.160 e. The van der Waals surface area contributed by atoms with Gasteiger partial charge >= 0.3 is 0 Å². The van der Waals surface area contributed by atoms with Crippen LogP contribution in [0.2, 0.25) is 0 Å². The molecule has 1 aliphatic heterocycles. The summed E-state index contributed by atoms with van der Waals surface area (Å²) >= 11 is 0. The molecule has 2 unspecified atom stereocenters. The van der Waals surface area contributed by atoms with Crippen molar-refractivity contribution in [2.45, 2.75) is 116 Å². The van der Waals surface area contributed by atoms with Gasteiger partial charge < -0.3 is 9.47 Å². The van der Waals surface area contributed by atoms with Gasteiger partial charge in [0.1, 0.15) is 5.72 Å². The third-order valence-electron chi connectivity index (χ3n) is 5.46. The number of hydrogen-bond donors (Lipinski definition) is 0. The fraction of sp³-hybridized carbons (Fsp3) is 1.00. The van der Waals surface area contributed by atoms with Crippen molar-refractivity contribution in [2.75, 3.05) is 20.7 Å². The topological polar surface area (TPSA) is 21.7 Å². The van der Waals surface area contributed by atoms with Gasteiger partial charge in [0.15, 0.2) is 6.29 Å². The molecule has 0 aliphatic carbocycles. The average molecular weight is 342 g/mol. The van der Waals surface area contributed by atoms with E-state index in [9.17, 15) is 0 Å². The minimum absolute atomic E-state index is 0.00473. The number of nitrogens with zero attached hydrogens (tertiary/aromatic N) is 1. The van der Waals surface area contributed by atoms with Crippen molar-refractivity contribution in [3.8, 4) is 0 Å². The molecule has 0 N–H and O–H groups in total. The third-order valence-corrected chi connectivity index (χ3v) is 5.46. The quantitative estimate of drug-likeness (QED) is 0.335. The van der Waals surface area contributed by atoms with Crippen LogP contribution in [0.3, 0.4) is 0 Å². The molecule has 0 spiro atoms. The molecule has 0 aromatic carbocycles. The van der Waals surface area contributed by atoms with Gasteiger partial charge in [-0.1, -0.05) is 71.1 Å². The van der Waals surface area contributed by atoms with Gasteiger partial charge in [-0.15, -0.1) is 0 Å². The number of unbranched alkanes of at least 4 members (excludes halogenated alkanes) is 10. The van der Waals surface area contributed by atoms with Crippen molar-refractivity contribution >= 4 is 0 Å². The second kappa shape index (κ2) is 13.1. The first-order valence-corrected chi connectivity index (χ1v) is 10.6. The summed E-state index contributed by atoms with van der Waals surface area (Å²) < 4.78 is 11.9. The van der Waals surface area contributed by atoms with E-state index in [4.69, 9.17) is 9.47 Å². The Bertz CT molecular complexity index is 296. The highest BCUT2D eigenvalue weighted by Gasteiger charge is 2.41. The molecule has 1 heterocycles. The van der Waals surface area contributed by atoms with E-state index in [1.807, 2.05) is 6.92 Å². The van der Waals surface area contributed by atoms with Crippen molar-refractivity contribution in [3.63, 3.8) is 0 Å². The molecule has 0 radical (unpaired) electrons. The molecule has 3 nitrogen and oxygen atoms in total. The summed E-state index contributed by atoms with van der Waals surface area (Å²) in [7, 11) is 4.29. The van der Waals surface area contributed by atoms with E-state index in [-0.39, 0.29) is 12.0 Å². The van der Waals surface area contributed by atoms with Gasteiger partial charge in [0.2, 0.25) is 0 Å². The Kier molecular flexibility index (Phi) is 12.0. The number of ether oxygens (including phenoxy) is 2. The van der Waals surface area contributed by atoms with Crippen LogP contribution in [-0.2, 0) is 9.47 Å². The Morgan fingerprint density at radius 3 is 1.92 bits per heavy atom. The SMILES string of the molecule is CCCCCCCCCCCCCC1(N(C)C)CCC(OCC)O1. The third kappa shape index (κ3) is 8.31. The zero-order valence-electron chi connectivity index (χ0n) is 16.9. The molecule has 0 amide bonds. The predicted molar refractivity (Wildman–Crippen MR) is 103 cm³/mol. The van der Waals surface area contributed by atoms with Crippen LogP contribution < -0.4 is 0 Å². The van der Waals surface area contributed by atoms with E-state index in [0.29, 0.717) is 0 Å². The maximum absolute atomic E-state index is 6.25. The smallest absolute Gasteiger partial charge is 0.160 e. The Hall–Kier alpha value is -0.120. The van der Waals surface area contributed by atoms with E-state index in [2.05, 4.69) is 25.9 Å². The molecular formula is C21H43NO2. The fourth-order valence-corrected chi connectivity index (χ4v) is 3.81. The number of rotatable bonds is 15. The van der Waals surface area contributed by atoms with E-state index >= 15 is 0 Å². The first kappa shape index (κ1) is 21.9. The summed E-state index contributed by atoms with van der Waals surface area (Å²) in [5, 5.41) is 0. The van der Waals surface area contributed by atoms with E-state index in [1.54, 1.807) is 0 Å². The highest BCUT2D eigenvalue weighted by Crippen LogP contribution is 2.37. The molecular weight excluding hydrogens is 298 g/mol. The van der Waals surface area contributed by atoms with Gasteiger partial charge in [0.05, 0.1) is 0 Å². The lowest BCUT2D eigenvalue weighted by atomic mass is 9.99. The molecule has 0 aromatic rings. The van der Waals surface area contributed by atoms with Gasteiger partial charge in [-0.3, -0.25) is 4.90 Å². The Morgan fingerprint density at radius 2 is 1.42 bits per heavy atom. The van der Waals surface area contributed by atoms with Crippen LogP contribution in [0.1, 0.15) is 104 Å². The van der Waals surface area contributed by atoms with Crippen LogP contribution in [0, 0.1) is 0 Å². The van der Waals surface area contributed by atoms with Crippen LogP contribution in [0.5, 0.6) is 0 Å². The second-order valence-electron chi connectivity index (χ2n) is 7.67. The fourth-order valence-electron chi connectivity index (χ4n) is 3.81. The Morgan fingerprint density at radius 1 is 0.875 bits per heavy atom. The van der Waals surface area contributed by atoms with Gasteiger partial charge in [0, 0.05) is 13.0 Å². The average Bonchev–Trinajstić information content (AvgIpc) is 2.97.